The molecule has 2 heterocycles. The maximum Gasteiger partial charge on any atom is 0.185 e. The largest absolute Gasteiger partial charge is 0.346 e. The first kappa shape index (κ1) is 7.76. The Kier molecular flexibility index (Phi) is 2.17. The number of nitrogens with two attached hydrogens (primary N) is 1. The Morgan fingerprint density at radius 1 is 1.92 bits per heavy atom. The summed E-state index contributed by atoms with van der Waals surface area (Å²) in [5.74, 6) is 0. The minimum atomic E-state index is 0.276. The number of hydrogen-bond donors (Lipinski definition) is 1. The van der Waals surface area contributed by atoms with Gasteiger partial charge in [-0.25, -0.2) is 4.98 Å². The summed E-state index contributed by atoms with van der Waals surface area (Å²) >= 11 is 1.63. The number of aryl methyl sites for hydroxylation is 1. The Morgan fingerprint density at radius 3 is 3.31 bits per heavy atom. The highest BCUT2D eigenvalue weighted by atomic mass is 32.1. The highest BCUT2D eigenvalue weighted by Gasteiger charge is 2.21. The van der Waals surface area contributed by atoms with Gasteiger partial charge in [-0.15, -0.1) is 11.3 Å². The third-order valence-electron chi connectivity index (χ3n) is 2.31. The van der Waals surface area contributed by atoms with Crippen LogP contribution in [0.4, 0.5) is 5.13 Å². The van der Waals surface area contributed by atoms with Crippen molar-refractivity contribution in [2.24, 2.45) is 5.73 Å². The zero-order valence-electron chi connectivity index (χ0n) is 8.79. The summed E-state index contributed by atoms with van der Waals surface area (Å²) in [7, 11) is 0. The van der Waals surface area contributed by atoms with Crippen molar-refractivity contribution in [1.29, 1.82) is 0 Å². The van der Waals surface area contributed by atoms with Gasteiger partial charge in [0, 0.05) is 30.2 Å². The second kappa shape index (κ2) is 3.64. The second-order valence-corrected chi connectivity index (χ2v) is 4.44. The number of anilines is 1. The van der Waals surface area contributed by atoms with Gasteiger partial charge in [-0.3, -0.25) is 0 Å². The fourth-order valence-electron chi connectivity index (χ4n) is 1.51. The Hall–Kier alpha value is -0.610. The van der Waals surface area contributed by atoms with Gasteiger partial charge in [-0.05, 0) is 12.8 Å². The van der Waals surface area contributed by atoms with Gasteiger partial charge < -0.3 is 10.6 Å². The minimum absolute atomic E-state index is 0.276. The molecule has 1 fully saturated rings. The van der Waals surface area contributed by atoms with E-state index < -0.39 is 0 Å². The molecule has 1 aliphatic rings. The minimum Gasteiger partial charge on any atom is -0.346 e. The number of rotatable bonds is 2. The highest BCUT2D eigenvalue weighted by molar-refractivity contribution is 7.15. The third kappa shape index (κ3) is 1.84. The normalized spacial score (nSPS) is 23.7. The number of thiazole rings is 1. The van der Waals surface area contributed by atoms with E-state index in [9.17, 15) is 0 Å². The molecule has 1 aromatic heterocycles. The summed E-state index contributed by atoms with van der Waals surface area (Å²) < 4.78 is 7.65. The van der Waals surface area contributed by atoms with Crippen LogP contribution in [-0.4, -0.2) is 24.1 Å². The lowest BCUT2D eigenvalue weighted by atomic mass is 10.3. The quantitative estimate of drug-likeness (QED) is 0.777. The van der Waals surface area contributed by atoms with Crippen molar-refractivity contribution in [3.8, 4) is 0 Å². The van der Waals surface area contributed by atoms with Crippen LogP contribution in [0.5, 0.6) is 0 Å². The molecule has 72 valence electrons. The van der Waals surface area contributed by atoms with Gasteiger partial charge in [-0.2, -0.15) is 0 Å². The maximum atomic E-state index is 7.65. The molecule has 0 bridgehead atoms. The van der Waals surface area contributed by atoms with E-state index in [2.05, 4.69) is 16.8 Å². The predicted molar refractivity (Wildman–Crippen MR) is 56.3 cm³/mol. The number of aromatic nitrogens is 1. The Labute approximate surface area is 84.0 Å². The number of hydrogen-bond acceptors (Lipinski definition) is 4. The van der Waals surface area contributed by atoms with E-state index in [0.717, 1.165) is 35.9 Å². The Balaban J connectivity index is 2.16. The summed E-state index contributed by atoms with van der Waals surface area (Å²) in [6, 6.07) is 0.276. The van der Waals surface area contributed by atoms with Gasteiger partial charge in [-0.1, -0.05) is 6.92 Å². The van der Waals surface area contributed by atoms with Crippen molar-refractivity contribution < 1.29 is 1.37 Å². The van der Waals surface area contributed by atoms with Crippen LogP contribution in [0.3, 0.4) is 0 Å². The van der Waals surface area contributed by atoms with Crippen molar-refractivity contribution in [3.05, 3.63) is 11.1 Å². The van der Waals surface area contributed by atoms with E-state index in [0.29, 0.717) is 6.17 Å². The zero-order valence-corrected chi connectivity index (χ0v) is 8.60. The number of nitrogens with zero attached hydrogens (tertiary/aromatic N) is 2. The average molecular weight is 198 g/mol. The predicted octanol–water partition coefficient (Wildman–Crippen LogP) is 1.24. The average Bonchev–Trinajstić information content (AvgIpc) is 2.71. The molecule has 0 saturated carbocycles. The summed E-state index contributed by atoms with van der Waals surface area (Å²) in [4.78, 5) is 7.51. The van der Waals surface area contributed by atoms with Crippen LogP contribution in [0.15, 0.2) is 6.17 Å². The first-order valence-corrected chi connectivity index (χ1v) is 5.49. The monoisotopic (exact) mass is 198 g/mol. The molecule has 1 atom stereocenters. The topological polar surface area (TPSA) is 42.2 Å². The molecular formula is C9H15N3S. The van der Waals surface area contributed by atoms with Crippen molar-refractivity contribution in [1.82, 2.24) is 4.98 Å². The van der Waals surface area contributed by atoms with Gasteiger partial charge in [0.2, 0.25) is 0 Å². The van der Waals surface area contributed by atoms with Crippen LogP contribution in [0.1, 0.15) is 19.6 Å². The fraction of sp³-hybridized carbons (Fsp3) is 0.667. The highest BCUT2D eigenvalue weighted by Crippen LogP contribution is 2.25. The van der Waals surface area contributed by atoms with Gasteiger partial charge in [0.25, 0.3) is 0 Å². The third-order valence-corrected chi connectivity index (χ3v) is 3.47. The molecule has 13 heavy (non-hydrogen) atoms. The van der Waals surface area contributed by atoms with Crippen molar-refractivity contribution >= 4 is 16.5 Å². The smallest absolute Gasteiger partial charge is 0.185 e. The molecule has 2 N–H and O–H groups in total. The maximum absolute atomic E-state index is 7.65. The molecule has 1 saturated heterocycles. The lowest BCUT2D eigenvalue weighted by Gasteiger charge is -2.12. The first-order valence-electron chi connectivity index (χ1n) is 5.17. The molecule has 1 aliphatic heterocycles. The molecule has 0 amide bonds. The molecule has 1 aromatic rings. The van der Waals surface area contributed by atoms with Gasteiger partial charge in [0.15, 0.2) is 5.13 Å². The summed E-state index contributed by atoms with van der Waals surface area (Å²) in [5, 5.41) is 0.972. The molecule has 0 spiro atoms. The molecule has 0 aliphatic carbocycles. The van der Waals surface area contributed by atoms with Crippen LogP contribution in [0.2, 0.25) is 0 Å². The SMILES string of the molecule is [2H]c1nc(N2CC[C@@H](N)C2)sc1CC. The molecular weight excluding hydrogens is 182 g/mol. The van der Waals surface area contributed by atoms with Crippen LogP contribution in [0.25, 0.3) is 0 Å². The summed E-state index contributed by atoms with van der Waals surface area (Å²) in [5.41, 5.74) is 5.83. The molecule has 0 unspecified atom stereocenters. The van der Waals surface area contributed by atoms with E-state index >= 15 is 0 Å². The van der Waals surface area contributed by atoms with E-state index in [1.165, 1.54) is 0 Å². The lowest BCUT2D eigenvalue weighted by molar-refractivity contribution is 0.752. The molecule has 0 radical (unpaired) electrons. The first-order chi connectivity index (χ1) is 6.70. The lowest BCUT2D eigenvalue weighted by Crippen LogP contribution is -2.26. The molecule has 4 heteroatoms. The van der Waals surface area contributed by atoms with Crippen LogP contribution in [-0.2, 0) is 6.42 Å². The zero-order chi connectivity index (χ0) is 10.1. The van der Waals surface area contributed by atoms with Crippen LogP contribution >= 0.6 is 11.3 Å². The van der Waals surface area contributed by atoms with E-state index in [1.807, 2.05) is 0 Å². The van der Waals surface area contributed by atoms with Crippen LogP contribution < -0.4 is 10.6 Å². The van der Waals surface area contributed by atoms with Crippen molar-refractivity contribution in [2.75, 3.05) is 18.0 Å². The Bertz CT molecular complexity index is 326. The standard InChI is InChI=1S/C9H15N3S/c1-2-8-5-11-9(13-8)12-4-3-7(10)6-12/h5,7H,2-4,6,10H2,1H3/t7-/m1/s1/i5D. The van der Waals surface area contributed by atoms with Crippen molar-refractivity contribution in [2.45, 2.75) is 25.8 Å². The van der Waals surface area contributed by atoms with Crippen molar-refractivity contribution in [3.63, 3.8) is 0 Å². The molecule has 0 aromatic carbocycles. The van der Waals surface area contributed by atoms with Gasteiger partial charge in [0.05, 0.1) is 1.37 Å². The van der Waals surface area contributed by atoms with E-state index in [4.69, 9.17) is 7.10 Å². The van der Waals surface area contributed by atoms with Gasteiger partial charge >= 0.3 is 0 Å². The summed E-state index contributed by atoms with van der Waals surface area (Å²) in [6.07, 6.45) is 2.37. The van der Waals surface area contributed by atoms with Gasteiger partial charge in [0.1, 0.15) is 0 Å². The van der Waals surface area contributed by atoms with E-state index in [1.54, 1.807) is 11.3 Å². The second-order valence-electron chi connectivity index (χ2n) is 3.38. The summed E-state index contributed by atoms with van der Waals surface area (Å²) in [6.45, 7) is 3.93. The molecule has 2 rings (SSSR count). The Morgan fingerprint density at radius 2 is 2.77 bits per heavy atom. The fourth-order valence-corrected chi connectivity index (χ4v) is 2.36. The van der Waals surface area contributed by atoms with E-state index in [-0.39, 0.29) is 6.04 Å². The van der Waals surface area contributed by atoms with Crippen LogP contribution in [0, 0.1) is 0 Å². The molecule has 3 nitrogen and oxygen atoms in total.